The fourth-order valence-corrected chi connectivity index (χ4v) is 10.3. The minimum Gasteiger partial charge on any atom is -0.491 e. The molecule has 4 aliphatic rings. The van der Waals surface area contributed by atoms with Gasteiger partial charge in [0, 0.05) is 32.0 Å². The van der Waals surface area contributed by atoms with Crippen molar-refractivity contribution in [1.82, 2.24) is 49.5 Å². The fourth-order valence-electron chi connectivity index (χ4n) is 10.1. The third-order valence-electron chi connectivity index (χ3n) is 13.6. The van der Waals surface area contributed by atoms with Crippen LogP contribution in [0, 0.1) is 13.8 Å². The Hall–Kier alpha value is -7.16. The van der Waals surface area contributed by atoms with E-state index in [1.54, 1.807) is 36.4 Å². The number of carbonyl (C=O) groups is 4. The second-order valence-corrected chi connectivity index (χ2v) is 19.2. The van der Waals surface area contributed by atoms with Crippen molar-refractivity contribution in [2.75, 3.05) is 58.7 Å². The molecule has 0 aliphatic carbocycles. The number of H-pyrrole nitrogens is 4. The Balaban J connectivity index is 0.000000187. The van der Waals surface area contributed by atoms with Crippen LogP contribution in [0.1, 0.15) is 78.2 Å². The lowest BCUT2D eigenvalue weighted by molar-refractivity contribution is 0.0488. The summed E-state index contributed by atoms with van der Waals surface area (Å²) in [5.41, 5.74) is 5.76. The van der Waals surface area contributed by atoms with Crippen molar-refractivity contribution in [3.8, 4) is 28.5 Å². The summed E-state index contributed by atoms with van der Waals surface area (Å²) in [4.78, 5) is 105. The van der Waals surface area contributed by atoms with Gasteiger partial charge >= 0.3 is 0 Å². The highest BCUT2D eigenvalue weighted by molar-refractivity contribution is 6.33. The Labute approximate surface area is 423 Å². The van der Waals surface area contributed by atoms with Crippen LogP contribution in [0.5, 0.6) is 5.75 Å². The SMILES string of the molecule is CN1CCCC(N2C(=O)c3cc4nc(-c5c(Cl)cc[nH]c5=O)[nH]c4cc3C2=O)C1.Cc1ccc(OC[C@H](O)CNc2cc[nH]c(=O)c2-c2nc3cc4c(cc3[nH]2)C(=O)N(C2CCCN(C)C2)C4=O)c(C)c1.Cl. The number of piperidine rings is 2. The number of anilines is 1. The van der Waals surface area contributed by atoms with E-state index in [4.69, 9.17) is 16.3 Å². The van der Waals surface area contributed by atoms with Crippen LogP contribution >= 0.6 is 24.0 Å². The second-order valence-electron chi connectivity index (χ2n) is 18.8. The lowest BCUT2D eigenvalue weighted by Gasteiger charge is -2.34. The topological polar surface area (TPSA) is 246 Å². The third-order valence-corrected chi connectivity index (χ3v) is 13.9. The van der Waals surface area contributed by atoms with Crippen molar-refractivity contribution in [2.24, 2.45) is 0 Å². The second kappa shape index (κ2) is 20.2. The number of hydrogen-bond donors (Lipinski definition) is 6. The zero-order valence-corrected chi connectivity index (χ0v) is 41.5. The smallest absolute Gasteiger partial charge is 0.261 e. The van der Waals surface area contributed by atoms with E-state index < -0.39 is 6.10 Å². The van der Waals surface area contributed by atoms with Crippen LogP contribution in [-0.2, 0) is 0 Å². The number of aryl methyl sites for hydroxylation is 2. The van der Waals surface area contributed by atoms with Crippen LogP contribution in [0.2, 0.25) is 5.02 Å². The number of aliphatic hydroxyl groups excluding tert-OH is 1. The number of halogens is 2. The van der Waals surface area contributed by atoms with Gasteiger partial charge in [-0.1, -0.05) is 29.3 Å². The summed E-state index contributed by atoms with van der Waals surface area (Å²) in [6.45, 7) is 7.42. The highest BCUT2D eigenvalue weighted by Crippen LogP contribution is 2.34. The molecular formula is C51H53Cl2N11O8. The van der Waals surface area contributed by atoms with Crippen LogP contribution in [0.3, 0.4) is 0 Å². The molecule has 4 aliphatic heterocycles. The number of benzene rings is 3. The number of aromatic amines is 4. The molecule has 11 rings (SSSR count). The molecule has 21 heteroatoms. The lowest BCUT2D eigenvalue weighted by Crippen LogP contribution is -2.49. The van der Waals surface area contributed by atoms with Crippen molar-refractivity contribution in [1.29, 1.82) is 0 Å². The molecule has 4 amide bonds. The predicted molar refractivity (Wildman–Crippen MR) is 275 cm³/mol. The van der Waals surface area contributed by atoms with Crippen LogP contribution in [0.15, 0.2) is 76.6 Å². The van der Waals surface area contributed by atoms with E-state index in [2.05, 4.69) is 45.0 Å². The Morgan fingerprint density at radius 3 is 1.72 bits per heavy atom. The van der Waals surface area contributed by atoms with E-state index in [1.165, 1.54) is 22.2 Å². The van der Waals surface area contributed by atoms with Gasteiger partial charge in [-0.05, 0) is 115 Å². The van der Waals surface area contributed by atoms with Gasteiger partial charge in [0.2, 0.25) is 0 Å². The lowest BCUT2D eigenvalue weighted by atomic mass is 10.0. The number of carbonyl (C=O) groups excluding carboxylic acids is 4. The van der Waals surface area contributed by atoms with Gasteiger partial charge in [0.25, 0.3) is 34.7 Å². The third kappa shape index (κ3) is 9.41. The molecule has 2 saturated heterocycles. The van der Waals surface area contributed by atoms with Gasteiger partial charge in [0.05, 0.1) is 67.1 Å². The number of rotatable bonds is 10. The maximum Gasteiger partial charge on any atom is 0.261 e. The summed E-state index contributed by atoms with van der Waals surface area (Å²) in [7, 11) is 3.99. The van der Waals surface area contributed by atoms with Crippen LogP contribution < -0.4 is 21.2 Å². The van der Waals surface area contributed by atoms with Gasteiger partial charge in [0.1, 0.15) is 41.2 Å². The molecule has 19 nitrogen and oxygen atoms in total. The summed E-state index contributed by atoms with van der Waals surface area (Å²) >= 11 is 6.16. The van der Waals surface area contributed by atoms with E-state index in [9.17, 15) is 33.9 Å². The molecule has 72 heavy (non-hydrogen) atoms. The molecular weight excluding hydrogens is 966 g/mol. The van der Waals surface area contributed by atoms with Crippen LogP contribution in [0.25, 0.3) is 44.8 Å². The molecule has 3 aromatic carbocycles. The number of likely N-dealkylation sites (N-methyl/N-ethyl adjacent to an activating group) is 2. The van der Waals surface area contributed by atoms with E-state index in [0.29, 0.717) is 74.7 Å². The molecule has 0 radical (unpaired) electrons. The number of aliphatic hydroxyl groups is 1. The molecule has 2 fully saturated rings. The largest absolute Gasteiger partial charge is 0.491 e. The van der Waals surface area contributed by atoms with Crippen molar-refractivity contribution in [2.45, 2.75) is 57.7 Å². The Morgan fingerprint density at radius 2 is 1.21 bits per heavy atom. The summed E-state index contributed by atoms with van der Waals surface area (Å²) < 4.78 is 5.79. The molecule has 8 heterocycles. The Kier molecular flexibility index (Phi) is 13.9. The first kappa shape index (κ1) is 49.8. The van der Waals surface area contributed by atoms with Crippen molar-refractivity contribution < 1.29 is 29.0 Å². The fraction of sp³-hybridized carbons (Fsp3) is 0.333. The molecule has 0 saturated carbocycles. The monoisotopic (exact) mass is 1020 g/mol. The number of nitrogens with one attached hydrogen (secondary N) is 5. The number of amides is 4. The number of aromatic nitrogens is 6. The minimum atomic E-state index is -0.847. The summed E-state index contributed by atoms with van der Waals surface area (Å²) in [6, 6.07) is 15.3. The highest BCUT2D eigenvalue weighted by Gasteiger charge is 2.43. The van der Waals surface area contributed by atoms with Crippen LogP contribution in [-0.4, -0.2) is 150 Å². The zero-order valence-electron chi connectivity index (χ0n) is 39.9. The number of imidazole rings is 2. The minimum absolute atomic E-state index is 0. The van der Waals surface area contributed by atoms with Gasteiger partial charge in [-0.3, -0.25) is 38.6 Å². The molecule has 0 bridgehead atoms. The first-order valence-corrected chi connectivity index (χ1v) is 23.9. The van der Waals surface area contributed by atoms with E-state index >= 15 is 0 Å². The Morgan fingerprint density at radius 1 is 0.708 bits per heavy atom. The van der Waals surface area contributed by atoms with E-state index in [1.807, 2.05) is 46.1 Å². The average Bonchev–Trinajstić information content (AvgIpc) is 4.07. The maximum atomic E-state index is 13.3. The molecule has 2 unspecified atom stereocenters. The maximum absolute atomic E-state index is 13.3. The van der Waals surface area contributed by atoms with Crippen molar-refractivity contribution in [3.63, 3.8) is 0 Å². The molecule has 4 aromatic heterocycles. The molecule has 7 aromatic rings. The van der Waals surface area contributed by atoms with Gasteiger partial charge < -0.3 is 44.9 Å². The van der Waals surface area contributed by atoms with Crippen molar-refractivity contribution >= 4 is 75.4 Å². The number of ether oxygens (including phenoxy) is 1. The van der Waals surface area contributed by atoms with Crippen LogP contribution in [0.4, 0.5) is 5.69 Å². The zero-order chi connectivity index (χ0) is 49.8. The van der Waals surface area contributed by atoms with Gasteiger partial charge in [-0.2, -0.15) is 0 Å². The standard InChI is InChI=1S/C31H34N6O5.C20H18ClN5O3.ClH/c1-17-6-7-26(18(2)11-17)42-16-20(38)14-33-23-8-9-32-29(39)27(23)28-34-24-12-21-22(13-25(24)35-28)31(41)37(30(21)40)19-5-4-10-36(3)15-19;1-25-6-2-3-10(9-25)26-19(28)11-7-14-15(8-12(11)20(26)29)24-17(23-14)16-13(21)4-5-22-18(16)27;/h6-9,11-13,19-20,38H,4-5,10,14-16H2,1-3H3,(H,34,35)(H2,32,33,39);4-5,7-8,10H,2-3,6,9H2,1H3,(H,22,27)(H,23,24);1H/t19?,20-;;/m1../s1. The summed E-state index contributed by atoms with van der Waals surface area (Å²) in [6.07, 6.45) is 5.60. The summed E-state index contributed by atoms with van der Waals surface area (Å²) in [5, 5.41) is 14.0. The first-order valence-electron chi connectivity index (χ1n) is 23.6. The number of pyridine rings is 2. The Bertz CT molecular complexity index is 3320. The average molecular weight is 1020 g/mol. The quantitative estimate of drug-likeness (QED) is 0.0894. The van der Waals surface area contributed by atoms with Gasteiger partial charge in [0.15, 0.2) is 0 Å². The number of imide groups is 2. The number of hydrogen-bond acceptors (Lipinski definition) is 13. The van der Waals surface area contributed by atoms with Crippen molar-refractivity contribution in [3.05, 3.63) is 126 Å². The summed E-state index contributed by atoms with van der Waals surface area (Å²) in [5.74, 6) is 0.109. The van der Waals surface area contributed by atoms with E-state index in [-0.39, 0.29) is 94.4 Å². The van der Waals surface area contributed by atoms with Gasteiger partial charge in [-0.15, -0.1) is 12.4 Å². The molecule has 3 atom stereocenters. The molecule has 0 spiro atoms. The normalized spacial score (nSPS) is 18.5. The number of nitrogens with zero attached hydrogens (tertiary/aromatic N) is 6. The van der Waals surface area contributed by atoms with Gasteiger partial charge in [-0.25, -0.2) is 9.97 Å². The highest BCUT2D eigenvalue weighted by atomic mass is 35.5. The number of likely N-dealkylation sites (tertiary alicyclic amines) is 2. The number of fused-ring (bicyclic) bond motifs is 4. The molecule has 374 valence electrons. The molecule has 6 N–H and O–H groups in total. The van der Waals surface area contributed by atoms with E-state index in [0.717, 1.165) is 49.9 Å². The predicted octanol–water partition coefficient (Wildman–Crippen LogP) is 5.76. The first-order chi connectivity index (χ1) is 34.1.